The van der Waals surface area contributed by atoms with Crippen LogP contribution in [0.15, 0.2) is 340 Å². The van der Waals surface area contributed by atoms with Gasteiger partial charge in [0, 0.05) is 156 Å². The van der Waals surface area contributed by atoms with E-state index in [0.717, 1.165) is 156 Å². The van der Waals surface area contributed by atoms with Crippen LogP contribution in [0.5, 0.6) is 0 Å². The number of benzene rings is 16. The number of carboxylic acids is 8. The summed E-state index contributed by atoms with van der Waals surface area (Å²) in [5.41, 5.74) is 6.47. The minimum atomic E-state index is -1.04. The van der Waals surface area contributed by atoms with E-state index in [-0.39, 0.29) is 120 Å². The van der Waals surface area contributed by atoms with Gasteiger partial charge in [-0.3, -0.25) is 19.2 Å². The van der Waals surface area contributed by atoms with Crippen molar-refractivity contribution in [2.24, 2.45) is 0 Å². The molecule has 16 aromatic carbocycles. The quantitative estimate of drug-likeness (QED) is 0.0517. The molecule has 0 unspecified atom stereocenters. The number of aliphatic carboxylic acids is 8. The molecule has 136 heavy (non-hydrogen) atoms. The van der Waals surface area contributed by atoms with Gasteiger partial charge in [-0.1, -0.05) is 340 Å². The van der Waals surface area contributed by atoms with E-state index >= 15 is 0 Å². The average molecular weight is 2030 g/mol. The van der Waals surface area contributed by atoms with Crippen LogP contribution >= 0.6 is 0 Å². The number of carbonyl (C=O) groups excluding carboxylic acids is 12. The van der Waals surface area contributed by atoms with E-state index in [1.165, 1.54) is 19.6 Å². The Balaban J connectivity index is 0.000000752. The second-order valence-corrected chi connectivity index (χ2v) is 29.8. The zero-order chi connectivity index (χ0) is 96.9. The fraction of sp³-hybridized carbons (Fsp3) is 0.148. The van der Waals surface area contributed by atoms with Crippen molar-refractivity contribution >= 4 is 160 Å². The predicted octanol–water partition coefficient (Wildman–Crippen LogP) is 7.87. The zero-order valence-corrected chi connectivity index (χ0v) is 79.2. The van der Waals surface area contributed by atoms with Crippen LogP contribution in [0.3, 0.4) is 0 Å². The average Bonchev–Trinajstić information content (AvgIpc) is 0.878. The van der Waals surface area contributed by atoms with E-state index in [1.807, 2.05) is 340 Å². The molecular weight excluding hydrogens is 1930 g/mol. The van der Waals surface area contributed by atoms with E-state index in [1.54, 1.807) is 56.4 Å². The summed E-state index contributed by atoms with van der Waals surface area (Å²) >= 11 is 0. The largest absolute Gasteiger partial charge is 2.00 e. The Labute approximate surface area is 831 Å². The summed E-state index contributed by atoms with van der Waals surface area (Å²) in [7, 11) is 13.5. The van der Waals surface area contributed by atoms with Crippen LogP contribution in [-0.2, 0) is 177 Å². The van der Waals surface area contributed by atoms with Crippen molar-refractivity contribution in [3.8, 4) is 0 Å². The smallest absolute Gasteiger partial charge is 0.550 e. The normalized spacial score (nSPS) is 9.47. The number of hydrogen-bond donors (Lipinski definition) is 0. The first-order chi connectivity index (χ1) is 63.2. The maximum atomic E-state index is 10.5. The summed E-state index contributed by atoms with van der Waals surface area (Å²) in [6.45, 7) is 0. The molecule has 0 fully saturated rings. The molecule has 0 aromatic heterocycles. The Kier molecular flexibility index (Phi) is 57.8. The zero-order valence-electron chi connectivity index (χ0n) is 75.5. The van der Waals surface area contributed by atoms with Gasteiger partial charge in [0.05, 0.1) is 0 Å². The van der Waals surface area contributed by atoms with Gasteiger partial charge in [-0.15, -0.1) is 0 Å². The molecule has 28 heteroatoms. The second kappa shape index (κ2) is 65.8. The van der Waals surface area contributed by atoms with Crippen molar-refractivity contribution in [2.45, 2.75) is 51.4 Å². The van der Waals surface area contributed by atoms with Crippen molar-refractivity contribution in [3.63, 3.8) is 0 Å². The molecule has 0 heterocycles. The van der Waals surface area contributed by atoms with Crippen molar-refractivity contribution in [2.75, 3.05) is 56.4 Å². The molecule has 0 bridgehead atoms. The first-order valence-electron chi connectivity index (χ1n) is 41.0. The van der Waals surface area contributed by atoms with E-state index in [9.17, 15) is 98.4 Å². The van der Waals surface area contributed by atoms with E-state index in [2.05, 4.69) is 0 Å². The number of amides is 4. The molecule has 4 radical (unpaired) electrons. The fourth-order valence-electron chi connectivity index (χ4n) is 12.8. The van der Waals surface area contributed by atoms with Crippen molar-refractivity contribution in [3.05, 3.63) is 384 Å². The van der Waals surface area contributed by atoms with Gasteiger partial charge in [0.2, 0.25) is 25.6 Å². The van der Waals surface area contributed by atoms with Gasteiger partial charge in [0.15, 0.2) is 0 Å². The first kappa shape index (κ1) is 119. The summed E-state index contributed by atoms with van der Waals surface area (Å²) in [5.74, 6) is -8.32. The van der Waals surface area contributed by atoms with E-state index < -0.39 is 47.8 Å². The first-order valence-corrected chi connectivity index (χ1v) is 41.0. The topological polar surface area (TPSA) is 402 Å². The Morgan fingerprint density at radius 3 is 0.331 bits per heavy atom. The summed E-state index contributed by atoms with van der Waals surface area (Å²) in [4.78, 5) is 128. The van der Waals surface area contributed by atoms with Gasteiger partial charge in [0.1, 0.15) is 0 Å². The van der Waals surface area contributed by atoms with Gasteiger partial charge in [-0.25, -0.2) is 0 Å². The third kappa shape index (κ3) is 44.7. The van der Waals surface area contributed by atoms with Crippen LogP contribution in [0.2, 0.25) is 0 Å². The van der Waals surface area contributed by atoms with Crippen molar-refractivity contribution in [1.29, 1.82) is 0 Å². The predicted molar refractivity (Wildman–Crippen MR) is 500 cm³/mol. The molecule has 0 N–H and O–H groups in total. The van der Waals surface area contributed by atoms with Crippen molar-refractivity contribution < 1.29 is 167 Å². The summed E-state index contributed by atoms with van der Waals surface area (Å²) < 4.78 is 0. The third-order valence-corrected chi connectivity index (χ3v) is 18.6. The van der Waals surface area contributed by atoms with E-state index in [4.69, 9.17) is 0 Å². The molecule has 0 aliphatic rings. The third-order valence-electron chi connectivity index (χ3n) is 18.6. The number of nitrogens with zero attached hydrogens (tertiary/aromatic N) is 4. The monoisotopic (exact) mass is 2020 g/mol. The minimum Gasteiger partial charge on any atom is -0.550 e. The Morgan fingerprint density at radius 1 is 0.169 bits per heavy atom. The summed E-state index contributed by atoms with van der Waals surface area (Å²) in [5, 5.41) is 100. The minimum absolute atomic E-state index is 0. The van der Waals surface area contributed by atoms with Crippen LogP contribution in [0.25, 0.3) is 86.2 Å². The van der Waals surface area contributed by atoms with Gasteiger partial charge >= 0.3 is 68.3 Å². The Morgan fingerprint density at radius 2 is 0.250 bits per heavy atom. The molecule has 0 saturated heterocycles. The van der Waals surface area contributed by atoms with Crippen molar-refractivity contribution in [1.82, 2.24) is 19.6 Å². The molecule has 0 saturated carbocycles. The second-order valence-electron chi connectivity index (χ2n) is 29.8. The van der Waals surface area contributed by atoms with Gasteiger partial charge in [-0.2, -0.15) is 0 Å². The molecule has 0 atom stereocenters. The van der Waals surface area contributed by atoms with Crippen LogP contribution < -0.4 is 40.9 Å². The number of hydrogen-bond acceptors (Lipinski definition) is 20. The van der Waals surface area contributed by atoms with Crippen LogP contribution in [0.4, 0.5) is 0 Å². The van der Waals surface area contributed by atoms with Gasteiger partial charge in [0.25, 0.3) is 0 Å². The fourth-order valence-corrected chi connectivity index (χ4v) is 12.8. The van der Waals surface area contributed by atoms with Crippen LogP contribution in [-0.4, -0.2) is 149 Å². The molecule has 0 spiro atoms. The standard InChI is InChI=1S/8C12H10O2.4C3H7NO.4Cu/c8*13-12(14)8-10-6-3-5-9-4-1-2-7-11(9)10;4*1-4(2)3-5;;;;/h8*1-7H,8H2,(H,13,14);4*3H,1-2H3;;;;/q;;;;;;;;;;;;4*+2/p-8. The van der Waals surface area contributed by atoms with Crippen LogP contribution in [0, 0.1) is 0 Å². The Bertz CT molecular complexity index is 5330. The summed E-state index contributed by atoms with van der Waals surface area (Å²) in [6, 6.07) is 107. The molecule has 16 rings (SSSR count). The SMILES string of the molecule is CN(C)C=O.CN(C)C=O.CN(C)C=O.CN(C)C=O.O=C([O-])Cc1cccc2ccccc12.O=C([O-])Cc1cccc2ccccc12.O=C([O-])Cc1cccc2ccccc12.O=C([O-])Cc1cccc2ccccc12.O=C([O-])Cc1cccc2ccccc12.O=C([O-])Cc1cccc2ccccc12.O=C([O-])Cc1cccc2ccccc12.O=C([O-])Cc1cccc2ccccc12.[Cu+2].[Cu+2].[Cu+2].[Cu+2]. The maximum Gasteiger partial charge on any atom is 2.00 e. The summed E-state index contributed by atoms with van der Waals surface area (Å²) in [6.07, 6.45) is 2.79. The molecular formula is C108H100Cu4N4O20. The molecule has 4 amide bonds. The van der Waals surface area contributed by atoms with Gasteiger partial charge < -0.3 is 98.8 Å². The maximum absolute atomic E-state index is 10.5. The molecule has 24 nitrogen and oxygen atoms in total. The molecule has 716 valence electrons. The van der Waals surface area contributed by atoms with Crippen LogP contribution in [0.1, 0.15) is 44.5 Å². The Hall–Kier alpha value is -14.7. The number of carboxylic acid groups (broad SMARTS) is 8. The van der Waals surface area contributed by atoms with E-state index in [0.29, 0.717) is 0 Å². The molecule has 0 aliphatic carbocycles. The molecule has 0 aliphatic heterocycles. The number of fused-ring (bicyclic) bond motifs is 8. The molecule has 16 aromatic rings. The number of carbonyl (C=O) groups is 12. The van der Waals surface area contributed by atoms with Gasteiger partial charge in [-0.05, 0) is 131 Å². The number of rotatable bonds is 20.